The van der Waals surface area contributed by atoms with Crippen molar-refractivity contribution in [2.24, 2.45) is 5.92 Å². The van der Waals surface area contributed by atoms with Crippen LogP contribution in [0, 0.1) is 5.92 Å². The zero-order valence-electron chi connectivity index (χ0n) is 25.4. The summed E-state index contributed by atoms with van der Waals surface area (Å²) in [5.74, 6) is 1.26. The first-order valence-corrected chi connectivity index (χ1v) is 15.3. The van der Waals surface area contributed by atoms with E-state index in [0.29, 0.717) is 43.7 Å². The summed E-state index contributed by atoms with van der Waals surface area (Å²) >= 11 is 0. The number of unbranched alkanes of at least 4 members (excludes halogenated alkanes) is 5. The number of anilines is 1. The van der Waals surface area contributed by atoms with Crippen molar-refractivity contribution in [2.75, 3.05) is 18.5 Å². The number of rotatable bonds is 18. The molecule has 1 heterocycles. The average Bonchev–Trinajstić information content (AvgIpc) is 2.95. The number of aryl methyl sites for hydroxylation is 1. The number of nitrogens with zero attached hydrogens (tertiary/aromatic N) is 1. The fourth-order valence-corrected chi connectivity index (χ4v) is 4.94. The first-order chi connectivity index (χ1) is 19.4. The van der Waals surface area contributed by atoms with Gasteiger partial charge >= 0.3 is 0 Å². The van der Waals surface area contributed by atoms with Crippen molar-refractivity contribution < 1.29 is 9.47 Å². The molecular formula is C35H50N2O3. The molecule has 1 atom stereocenters. The van der Waals surface area contributed by atoms with Crippen LogP contribution >= 0.6 is 0 Å². The van der Waals surface area contributed by atoms with E-state index >= 15 is 0 Å². The van der Waals surface area contributed by atoms with Crippen molar-refractivity contribution in [3.63, 3.8) is 0 Å². The van der Waals surface area contributed by atoms with E-state index in [-0.39, 0.29) is 5.56 Å². The van der Waals surface area contributed by atoms with Crippen molar-refractivity contribution in [1.82, 2.24) is 4.57 Å². The van der Waals surface area contributed by atoms with Gasteiger partial charge in [-0.15, -0.1) is 0 Å². The third kappa shape index (κ3) is 9.46. The van der Waals surface area contributed by atoms with Gasteiger partial charge in [-0.25, -0.2) is 0 Å². The minimum atomic E-state index is -0.0998. The summed E-state index contributed by atoms with van der Waals surface area (Å²) in [5.41, 5.74) is 4.15. The van der Waals surface area contributed by atoms with Crippen LogP contribution in [0.1, 0.15) is 91.5 Å². The molecule has 1 unspecified atom stereocenters. The van der Waals surface area contributed by atoms with Crippen molar-refractivity contribution >= 4 is 16.6 Å². The highest BCUT2D eigenvalue weighted by Crippen LogP contribution is 2.35. The van der Waals surface area contributed by atoms with Gasteiger partial charge in [0.15, 0.2) is 5.75 Å². The van der Waals surface area contributed by atoms with Gasteiger partial charge < -0.3 is 19.4 Å². The summed E-state index contributed by atoms with van der Waals surface area (Å²) in [4.78, 5) is 14.1. The Labute approximate surface area is 241 Å². The molecule has 0 aliphatic rings. The highest BCUT2D eigenvalue weighted by Gasteiger charge is 2.21. The minimum absolute atomic E-state index is 0.0998. The van der Waals surface area contributed by atoms with Crippen LogP contribution in [0.2, 0.25) is 0 Å². The van der Waals surface area contributed by atoms with Gasteiger partial charge in [0.1, 0.15) is 6.61 Å². The number of aromatic nitrogens is 1. The van der Waals surface area contributed by atoms with Crippen LogP contribution in [0.3, 0.4) is 0 Å². The topological polar surface area (TPSA) is 52.5 Å². The fourth-order valence-electron chi connectivity index (χ4n) is 4.94. The predicted octanol–water partition coefficient (Wildman–Crippen LogP) is 9.13. The Hall–Kier alpha value is -3.21. The number of allylic oxidation sites excluding steroid dienone is 1. The van der Waals surface area contributed by atoms with Crippen LogP contribution in [0.25, 0.3) is 10.9 Å². The van der Waals surface area contributed by atoms with Gasteiger partial charge in [0.05, 0.1) is 12.1 Å². The number of pyridine rings is 1. The van der Waals surface area contributed by atoms with Crippen molar-refractivity contribution in [1.29, 1.82) is 0 Å². The maximum atomic E-state index is 14.1. The fraction of sp³-hybridized carbons (Fsp3) is 0.514. The van der Waals surface area contributed by atoms with E-state index < -0.39 is 0 Å². The Morgan fingerprint density at radius 2 is 1.68 bits per heavy atom. The molecule has 5 nitrogen and oxygen atoms in total. The second kappa shape index (κ2) is 16.8. The van der Waals surface area contributed by atoms with E-state index in [0.717, 1.165) is 42.3 Å². The lowest BCUT2D eigenvalue weighted by Crippen LogP contribution is -2.25. The smallest absolute Gasteiger partial charge is 0.297 e. The highest BCUT2D eigenvalue weighted by molar-refractivity contribution is 5.90. The number of hydrogen-bond donors (Lipinski definition) is 1. The molecule has 0 spiro atoms. The van der Waals surface area contributed by atoms with E-state index in [1.54, 1.807) is 0 Å². The highest BCUT2D eigenvalue weighted by atomic mass is 16.5. The van der Waals surface area contributed by atoms with Crippen molar-refractivity contribution in [2.45, 2.75) is 99.1 Å². The molecule has 0 saturated heterocycles. The quantitative estimate of drug-likeness (QED) is 0.128. The predicted molar refractivity (Wildman–Crippen MR) is 170 cm³/mol. The zero-order chi connectivity index (χ0) is 28.7. The molecule has 5 heteroatoms. The lowest BCUT2D eigenvalue weighted by Gasteiger charge is -2.20. The van der Waals surface area contributed by atoms with Crippen LogP contribution in [0.4, 0.5) is 5.69 Å². The Balaban J connectivity index is 2.01. The molecule has 2 aromatic carbocycles. The molecule has 3 rings (SSSR count). The zero-order valence-corrected chi connectivity index (χ0v) is 25.4. The number of hydrogen-bond acceptors (Lipinski definition) is 4. The molecule has 0 saturated carbocycles. The van der Waals surface area contributed by atoms with E-state index in [1.165, 1.54) is 36.8 Å². The molecule has 218 valence electrons. The normalized spacial score (nSPS) is 11.8. The lowest BCUT2D eigenvalue weighted by molar-refractivity contribution is 0.233. The Morgan fingerprint density at radius 1 is 0.925 bits per heavy atom. The molecule has 40 heavy (non-hydrogen) atoms. The summed E-state index contributed by atoms with van der Waals surface area (Å²) in [6.07, 6.45) is 11.2. The SMILES string of the molecule is CCCCCCCCn1c(=O)c(OCC(C)CCC)c(OCC=C(C)C)c2ccc(NCc3ccccc3)cc21. The summed E-state index contributed by atoms with van der Waals surface area (Å²) in [7, 11) is 0. The van der Waals surface area contributed by atoms with Gasteiger partial charge in [0.25, 0.3) is 5.56 Å². The molecule has 1 aromatic heterocycles. The maximum absolute atomic E-state index is 14.1. The van der Waals surface area contributed by atoms with Crippen LogP contribution in [-0.2, 0) is 13.1 Å². The molecule has 0 radical (unpaired) electrons. The Kier molecular flexibility index (Phi) is 13.1. The average molecular weight is 547 g/mol. The minimum Gasteiger partial charge on any atom is -0.485 e. The van der Waals surface area contributed by atoms with Gasteiger partial charge in [-0.2, -0.15) is 0 Å². The monoisotopic (exact) mass is 546 g/mol. The Bertz CT molecular complexity index is 1260. The summed E-state index contributed by atoms with van der Waals surface area (Å²) in [6, 6.07) is 16.6. The van der Waals surface area contributed by atoms with E-state index in [2.05, 4.69) is 82.4 Å². The first-order valence-electron chi connectivity index (χ1n) is 15.3. The summed E-state index contributed by atoms with van der Waals surface area (Å²) < 4.78 is 14.5. The van der Waals surface area contributed by atoms with Gasteiger partial charge in [-0.3, -0.25) is 4.79 Å². The molecular weight excluding hydrogens is 496 g/mol. The van der Waals surface area contributed by atoms with Gasteiger partial charge in [-0.1, -0.05) is 95.2 Å². The molecule has 1 N–H and O–H groups in total. The summed E-state index contributed by atoms with van der Waals surface area (Å²) in [5, 5.41) is 4.45. The first kappa shape index (κ1) is 31.3. The second-order valence-corrected chi connectivity index (χ2v) is 11.3. The number of benzene rings is 2. The van der Waals surface area contributed by atoms with Crippen LogP contribution in [-0.4, -0.2) is 17.8 Å². The maximum Gasteiger partial charge on any atom is 0.297 e. The van der Waals surface area contributed by atoms with Gasteiger partial charge in [0, 0.05) is 24.2 Å². The van der Waals surface area contributed by atoms with Gasteiger partial charge in [0.2, 0.25) is 5.75 Å². The van der Waals surface area contributed by atoms with E-state index in [1.807, 2.05) is 16.7 Å². The van der Waals surface area contributed by atoms with Crippen molar-refractivity contribution in [3.05, 3.63) is 76.1 Å². The van der Waals surface area contributed by atoms with Crippen molar-refractivity contribution in [3.8, 4) is 11.5 Å². The van der Waals surface area contributed by atoms with Crippen LogP contribution < -0.4 is 20.3 Å². The Morgan fingerprint density at radius 3 is 2.40 bits per heavy atom. The molecule has 3 aromatic rings. The molecule has 0 fully saturated rings. The third-order valence-corrected chi connectivity index (χ3v) is 7.27. The molecule has 0 aliphatic carbocycles. The number of ether oxygens (including phenoxy) is 2. The third-order valence-electron chi connectivity index (χ3n) is 7.27. The molecule has 0 amide bonds. The summed E-state index contributed by atoms with van der Waals surface area (Å²) in [6.45, 7) is 13.0. The van der Waals surface area contributed by atoms with Crippen LogP contribution in [0.15, 0.2) is 65.0 Å². The largest absolute Gasteiger partial charge is 0.485 e. The lowest BCUT2D eigenvalue weighted by atomic mass is 10.1. The molecule has 0 bridgehead atoms. The van der Waals surface area contributed by atoms with E-state index in [4.69, 9.17) is 9.47 Å². The molecule has 0 aliphatic heterocycles. The van der Waals surface area contributed by atoms with Gasteiger partial charge in [-0.05, 0) is 62.4 Å². The second-order valence-electron chi connectivity index (χ2n) is 11.3. The number of nitrogens with one attached hydrogen (secondary N) is 1. The standard InChI is InChI=1S/C35H50N2O3/c1-6-8-9-10-11-15-22-37-32-24-30(36-25-29-17-13-12-14-18-29)19-20-31(32)33(39-23-21-27(3)4)34(35(37)38)40-26-28(5)16-7-2/h12-14,17-21,24,28,36H,6-11,15-16,22-23,25-26H2,1-5H3. The number of fused-ring (bicyclic) bond motifs is 1. The van der Waals surface area contributed by atoms with Crippen LogP contribution in [0.5, 0.6) is 11.5 Å². The van der Waals surface area contributed by atoms with E-state index in [9.17, 15) is 4.79 Å².